The highest BCUT2D eigenvalue weighted by Crippen LogP contribution is 2.40. The molecule has 2 N–H and O–H groups in total. The van der Waals surface area contributed by atoms with E-state index in [1.54, 1.807) is 18.9 Å². The van der Waals surface area contributed by atoms with Gasteiger partial charge in [0, 0.05) is 36.3 Å². The van der Waals surface area contributed by atoms with Gasteiger partial charge in [-0.05, 0) is 50.7 Å². The van der Waals surface area contributed by atoms with Gasteiger partial charge >= 0.3 is 0 Å². The van der Waals surface area contributed by atoms with Crippen LogP contribution in [0.5, 0.6) is 0 Å². The number of hydrogen-bond donors (Lipinski definition) is 2. The third-order valence-electron chi connectivity index (χ3n) is 5.15. The summed E-state index contributed by atoms with van der Waals surface area (Å²) < 4.78 is 3.94. The number of nitrogens with zero attached hydrogens (tertiary/aromatic N) is 6. The molecule has 4 heterocycles. The van der Waals surface area contributed by atoms with Crippen molar-refractivity contribution in [2.75, 3.05) is 13.2 Å². The summed E-state index contributed by atoms with van der Waals surface area (Å²) in [5.41, 5.74) is 4.26. The summed E-state index contributed by atoms with van der Waals surface area (Å²) >= 11 is 5.64. The van der Waals surface area contributed by atoms with Gasteiger partial charge in [0.15, 0.2) is 5.11 Å². The van der Waals surface area contributed by atoms with Gasteiger partial charge in [-0.15, -0.1) is 10.2 Å². The van der Waals surface area contributed by atoms with Crippen LogP contribution in [0.15, 0.2) is 43.1 Å². The molecular weight excluding hydrogens is 374 g/mol. The third-order valence-corrected chi connectivity index (χ3v) is 5.50. The molecule has 2 atom stereocenters. The number of aliphatic hydroxyl groups excluding tert-OH is 1. The lowest BCUT2D eigenvalue weighted by atomic mass is 9.96. The van der Waals surface area contributed by atoms with Crippen molar-refractivity contribution in [3.63, 3.8) is 0 Å². The first-order valence-electron chi connectivity index (χ1n) is 9.25. The van der Waals surface area contributed by atoms with Crippen LogP contribution in [-0.2, 0) is 0 Å². The maximum Gasteiger partial charge on any atom is 0.170 e. The first kappa shape index (κ1) is 18.6. The van der Waals surface area contributed by atoms with Crippen molar-refractivity contribution in [1.29, 1.82) is 0 Å². The second kappa shape index (κ2) is 7.69. The van der Waals surface area contributed by atoms with Crippen LogP contribution in [0.4, 0.5) is 0 Å². The molecule has 28 heavy (non-hydrogen) atoms. The summed E-state index contributed by atoms with van der Waals surface area (Å²) in [6.07, 6.45) is 5.81. The van der Waals surface area contributed by atoms with E-state index >= 15 is 0 Å². The Bertz CT molecular complexity index is 954. The number of thiocarbonyl (C=S) groups is 1. The highest BCUT2D eigenvalue weighted by Gasteiger charge is 2.41. The van der Waals surface area contributed by atoms with Crippen LogP contribution in [0.25, 0.3) is 0 Å². The molecule has 3 aromatic rings. The Morgan fingerprint density at radius 3 is 2.68 bits per heavy atom. The summed E-state index contributed by atoms with van der Waals surface area (Å²) in [7, 11) is 0. The summed E-state index contributed by atoms with van der Waals surface area (Å²) in [4.78, 5) is 6.72. The minimum atomic E-state index is -0.0674. The zero-order chi connectivity index (χ0) is 19.7. The van der Waals surface area contributed by atoms with Crippen LogP contribution in [0.3, 0.4) is 0 Å². The number of rotatable bonds is 6. The van der Waals surface area contributed by atoms with Crippen molar-refractivity contribution >= 4 is 17.3 Å². The smallest absolute Gasteiger partial charge is 0.170 e. The van der Waals surface area contributed by atoms with Crippen molar-refractivity contribution in [2.45, 2.75) is 32.4 Å². The van der Waals surface area contributed by atoms with Gasteiger partial charge in [0.25, 0.3) is 0 Å². The summed E-state index contributed by atoms with van der Waals surface area (Å²) in [6.45, 7) is 4.95. The highest BCUT2D eigenvalue weighted by atomic mass is 32.1. The van der Waals surface area contributed by atoms with Crippen LogP contribution in [0, 0.1) is 13.8 Å². The lowest BCUT2D eigenvalue weighted by Gasteiger charge is -2.28. The van der Waals surface area contributed by atoms with E-state index in [9.17, 15) is 5.11 Å². The Balaban J connectivity index is 1.81. The van der Waals surface area contributed by atoms with Crippen molar-refractivity contribution < 1.29 is 5.11 Å². The van der Waals surface area contributed by atoms with Crippen LogP contribution in [-0.4, -0.2) is 52.8 Å². The van der Waals surface area contributed by atoms with Gasteiger partial charge < -0.3 is 15.3 Å². The number of nitrogens with one attached hydrogen (secondary N) is 1. The molecule has 4 rings (SSSR count). The fourth-order valence-corrected chi connectivity index (χ4v) is 4.29. The van der Waals surface area contributed by atoms with Crippen LogP contribution in [0.1, 0.15) is 41.1 Å². The molecule has 1 saturated heterocycles. The first-order chi connectivity index (χ1) is 13.6. The second-order valence-electron chi connectivity index (χ2n) is 6.88. The predicted octanol–water partition coefficient (Wildman–Crippen LogP) is 1.76. The SMILES string of the molecule is Cc1cc([C@H]2[C@H](c3ccccn3)NC(=S)N2CCCO)c(C)n1-n1cnnc1. The summed E-state index contributed by atoms with van der Waals surface area (Å²) in [6, 6.07) is 8.00. The number of hydrogen-bond acceptors (Lipinski definition) is 5. The molecule has 1 aliphatic rings. The summed E-state index contributed by atoms with van der Waals surface area (Å²) in [5.74, 6) is 0. The number of aryl methyl sites for hydroxylation is 1. The molecule has 0 spiro atoms. The van der Waals surface area contributed by atoms with E-state index in [1.807, 2.05) is 22.9 Å². The Labute approximate surface area is 168 Å². The molecule has 1 aliphatic heterocycles. The fourth-order valence-electron chi connectivity index (χ4n) is 3.96. The molecule has 0 saturated carbocycles. The van der Waals surface area contributed by atoms with Crippen molar-refractivity contribution in [3.8, 4) is 0 Å². The molecule has 8 nitrogen and oxygen atoms in total. The zero-order valence-corrected chi connectivity index (χ0v) is 16.7. The van der Waals surface area contributed by atoms with Crippen LogP contribution >= 0.6 is 12.2 Å². The maximum absolute atomic E-state index is 9.36. The molecule has 1 fully saturated rings. The van der Waals surface area contributed by atoms with Gasteiger partial charge in [-0.1, -0.05) is 6.07 Å². The Morgan fingerprint density at radius 1 is 1.21 bits per heavy atom. The van der Waals surface area contributed by atoms with Gasteiger partial charge in [0.1, 0.15) is 12.7 Å². The number of aromatic nitrogens is 5. The maximum atomic E-state index is 9.36. The highest BCUT2D eigenvalue weighted by molar-refractivity contribution is 7.80. The lowest BCUT2D eigenvalue weighted by molar-refractivity contribution is 0.247. The van der Waals surface area contributed by atoms with E-state index < -0.39 is 0 Å². The average Bonchev–Trinajstić information content (AvgIpc) is 3.39. The quantitative estimate of drug-likeness (QED) is 0.613. The third kappa shape index (κ3) is 3.16. The standard InChI is InChI=1S/C19H23N7OS/c1-13-10-15(14(2)26(13)24-11-21-22-12-24)18-17(16-6-3-4-7-20-16)23-19(28)25(18)8-5-9-27/h3-4,6-7,10-12,17-18,27H,5,8-9H2,1-2H3,(H,23,28)/t17-,18-/m0/s1. The Morgan fingerprint density at radius 2 is 2.00 bits per heavy atom. The zero-order valence-electron chi connectivity index (χ0n) is 15.9. The molecular formula is C19H23N7OS. The van der Waals surface area contributed by atoms with Gasteiger partial charge in [-0.3, -0.25) is 9.66 Å². The van der Waals surface area contributed by atoms with Gasteiger partial charge in [0.05, 0.1) is 17.8 Å². The molecule has 0 amide bonds. The minimum absolute atomic E-state index is 0.0228. The van der Waals surface area contributed by atoms with Crippen LogP contribution < -0.4 is 5.32 Å². The van der Waals surface area contributed by atoms with Gasteiger partial charge in [-0.2, -0.15) is 0 Å². The largest absolute Gasteiger partial charge is 0.396 e. The van der Waals surface area contributed by atoms with Crippen LogP contribution in [0.2, 0.25) is 0 Å². The first-order valence-corrected chi connectivity index (χ1v) is 9.65. The van der Waals surface area contributed by atoms with E-state index in [-0.39, 0.29) is 18.7 Å². The summed E-state index contributed by atoms with van der Waals surface area (Å²) in [5, 5.41) is 21.3. The molecule has 0 unspecified atom stereocenters. The van der Waals surface area contributed by atoms with Crippen molar-refractivity contribution in [1.82, 2.24) is 34.8 Å². The molecule has 3 aromatic heterocycles. The molecule has 0 radical (unpaired) electrons. The monoisotopic (exact) mass is 397 g/mol. The molecule has 9 heteroatoms. The van der Waals surface area contributed by atoms with Crippen molar-refractivity contribution in [2.24, 2.45) is 0 Å². The van der Waals surface area contributed by atoms with Gasteiger partial charge in [0.2, 0.25) is 0 Å². The second-order valence-corrected chi connectivity index (χ2v) is 7.26. The number of pyridine rings is 1. The van der Waals surface area contributed by atoms with E-state index in [2.05, 4.69) is 50.0 Å². The van der Waals surface area contributed by atoms with Gasteiger partial charge in [-0.25, -0.2) is 4.68 Å². The predicted molar refractivity (Wildman–Crippen MR) is 109 cm³/mol. The lowest BCUT2D eigenvalue weighted by Crippen LogP contribution is -2.31. The van der Waals surface area contributed by atoms with E-state index in [0.717, 1.165) is 22.6 Å². The normalized spacial score (nSPS) is 19.2. The average molecular weight is 398 g/mol. The van der Waals surface area contributed by atoms with E-state index in [4.69, 9.17) is 12.2 Å². The molecule has 0 bridgehead atoms. The van der Waals surface area contributed by atoms with E-state index in [1.165, 1.54) is 0 Å². The minimum Gasteiger partial charge on any atom is -0.396 e. The van der Waals surface area contributed by atoms with E-state index in [0.29, 0.717) is 18.1 Å². The Kier molecular flexibility index (Phi) is 5.10. The van der Waals surface area contributed by atoms with Crippen molar-refractivity contribution in [3.05, 3.63) is 65.8 Å². The fraction of sp³-hybridized carbons (Fsp3) is 0.368. The Hall–Kier alpha value is -2.78. The topological polar surface area (TPSA) is 84.0 Å². The molecule has 146 valence electrons. The molecule has 0 aliphatic carbocycles. The molecule has 0 aromatic carbocycles. The number of aliphatic hydroxyl groups is 1.